The molecule has 0 aliphatic carbocycles. The SMILES string of the molecule is O=C([O-])CCCN1C(=O)/C(=C\c2cccc3ccccc23)SC1=S. The molecule has 1 fully saturated rings. The summed E-state index contributed by atoms with van der Waals surface area (Å²) in [5, 5.41) is 12.7. The van der Waals surface area contributed by atoms with Gasteiger partial charge >= 0.3 is 0 Å². The van der Waals surface area contributed by atoms with Crippen LogP contribution in [0.5, 0.6) is 0 Å². The van der Waals surface area contributed by atoms with Gasteiger partial charge in [-0.2, -0.15) is 0 Å². The number of thiocarbonyl (C=S) groups is 1. The van der Waals surface area contributed by atoms with Crippen molar-refractivity contribution in [3.8, 4) is 0 Å². The molecule has 3 rings (SSSR count). The zero-order chi connectivity index (χ0) is 17.1. The minimum Gasteiger partial charge on any atom is -0.550 e. The van der Waals surface area contributed by atoms with Gasteiger partial charge in [-0.05, 0) is 35.3 Å². The van der Waals surface area contributed by atoms with Gasteiger partial charge in [-0.3, -0.25) is 9.69 Å². The van der Waals surface area contributed by atoms with Crippen LogP contribution in [-0.2, 0) is 9.59 Å². The third-order valence-corrected chi connectivity index (χ3v) is 5.12. The van der Waals surface area contributed by atoms with E-state index in [1.807, 2.05) is 48.5 Å². The zero-order valence-electron chi connectivity index (χ0n) is 12.7. The maximum absolute atomic E-state index is 12.5. The average molecular weight is 356 g/mol. The maximum atomic E-state index is 12.5. The Kier molecular flexibility index (Phi) is 4.97. The summed E-state index contributed by atoms with van der Waals surface area (Å²) in [4.78, 5) is 25.0. The highest BCUT2D eigenvalue weighted by Gasteiger charge is 2.31. The first-order valence-electron chi connectivity index (χ1n) is 7.49. The number of carboxylic acid groups (broad SMARTS) is 1. The molecule has 4 nitrogen and oxygen atoms in total. The lowest BCUT2D eigenvalue weighted by Crippen LogP contribution is -2.30. The van der Waals surface area contributed by atoms with Crippen LogP contribution in [0.2, 0.25) is 0 Å². The van der Waals surface area contributed by atoms with Gasteiger partial charge in [0.15, 0.2) is 0 Å². The quantitative estimate of drug-likeness (QED) is 0.609. The minimum atomic E-state index is -1.12. The van der Waals surface area contributed by atoms with Gasteiger partial charge < -0.3 is 9.90 Å². The molecule has 1 aliphatic rings. The van der Waals surface area contributed by atoms with E-state index in [0.29, 0.717) is 22.2 Å². The molecule has 0 aromatic heterocycles. The Morgan fingerprint density at radius 2 is 1.96 bits per heavy atom. The van der Waals surface area contributed by atoms with Crippen LogP contribution in [0, 0.1) is 0 Å². The highest BCUT2D eigenvalue weighted by molar-refractivity contribution is 8.26. The summed E-state index contributed by atoms with van der Waals surface area (Å²) in [7, 11) is 0. The van der Waals surface area contributed by atoms with Crippen LogP contribution < -0.4 is 5.11 Å². The van der Waals surface area contributed by atoms with Crippen LogP contribution in [0.1, 0.15) is 18.4 Å². The van der Waals surface area contributed by atoms with Gasteiger partial charge in [0.05, 0.1) is 4.91 Å². The molecule has 1 saturated heterocycles. The second-order valence-corrected chi connectivity index (χ2v) is 7.05. The summed E-state index contributed by atoms with van der Waals surface area (Å²) in [5.41, 5.74) is 0.961. The fraction of sp³-hybridized carbons (Fsp3) is 0.167. The number of carbonyl (C=O) groups is 2. The number of carboxylic acids is 1. The van der Waals surface area contributed by atoms with Crippen LogP contribution in [0.4, 0.5) is 0 Å². The summed E-state index contributed by atoms with van der Waals surface area (Å²) in [5.74, 6) is -1.29. The summed E-state index contributed by atoms with van der Waals surface area (Å²) in [6.45, 7) is 0.297. The van der Waals surface area contributed by atoms with E-state index in [9.17, 15) is 14.7 Å². The van der Waals surface area contributed by atoms with Crippen molar-refractivity contribution in [3.05, 3.63) is 52.9 Å². The van der Waals surface area contributed by atoms with Gasteiger partial charge in [0, 0.05) is 12.5 Å². The number of amides is 1. The first kappa shape index (κ1) is 16.7. The molecular weight excluding hydrogens is 342 g/mol. The van der Waals surface area contributed by atoms with Crippen molar-refractivity contribution < 1.29 is 14.7 Å². The number of rotatable bonds is 5. The van der Waals surface area contributed by atoms with E-state index in [1.165, 1.54) is 16.7 Å². The van der Waals surface area contributed by atoms with Crippen molar-refractivity contribution in [2.75, 3.05) is 6.54 Å². The van der Waals surface area contributed by atoms with E-state index in [2.05, 4.69) is 0 Å². The summed E-state index contributed by atoms with van der Waals surface area (Å²) >= 11 is 6.50. The smallest absolute Gasteiger partial charge is 0.266 e. The molecule has 6 heteroatoms. The Bertz CT molecular complexity index is 855. The average Bonchev–Trinajstić information content (AvgIpc) is 2.82. The lowest BCUT2D eigenvalue weighted by molar-refractivity contribution is -0.305. The fourth-order valence-corrected chi connectivity index (χ4v) is 3.89. The molecular formula is C18H14NO3S2-. The Morgan fingerprint density at radius 3 is 2.75 bits per heavy atom. The van der Waals surface area contributed by atoms with Crippen LogP contribution in [-0.4, -0.2) is 27.6 Å². The normalized spacial score (nSPS) is 16.3. The molecule has 0 saturated carbocycles. The van der Waals surface area contributed by atoms with Crippen LogP contribution in [0.25, 0.3) is 16.8 Å². The standard InChI is InChI=1S/C18H15NO3S2/c20-16(21)9-4-10-19-17(22)15(24-18(19)23)11-13-7-3-6-12-5-1-2-8-14(12)13/h1-3,5-8,11H,4,9-10H2,(H,20,21)/p-1/b15-11+. The number of nitrogens with zero attached hydrogens (tertiary/aromatic N) is 1. The molecule has 0 bridgehead atoms. The number of hydrogen-bond acceptors (Lipinski definition) is 5. The summed E-state index contributed by atoms with van der Waals surface area (Å²) in [6.07, 6.45) is 2.09. The molecule has 122 valence electrons. The molecule has 2 aromatic carbocycles. The van der Waals surface area contributed by atoms with E-state index in [0.717, 1.165) is 16.3 Å². The van der Waals surface area contributed by atoms with Crippen molar-refractivity contribution in [1.29, 1.82) is 0 Å². The molecule has 0 N–H and O–H groups in total. The molecule has 0 spiro atoms. The maximum Gasteiger partial charge on any atom is 0.266 e. The topological polar surface area (TPSA) is 60.4 Å². The first-order valence-corrected chi connectivity index (χ1v) is 8.72. The zero-order valence-corrected chi connectivity index (χ0v) is 14.4. The van der Waals surface area contributed by atoms with Crippen molar-refractivity contribution in [2.45, 2.75) is 12.8 Å². The summed E-state index contributed by atoms with van der Waals surface area (Å²) < 4.78 is 0.463. The second kappa shape index (κ2) is 7.15. The highest BCUT2D eigenvalue weighted by atomic mass is 32.2. The van der Waals surface area contributed by atoms with Crippen molar-refractivity contribution in [2.24, 2.45) is 0 Å². The predicted octanol–water partition coefficient (Wildman–Crippen LogP) is 2.57. The molecule has 0 radical (unpaired) electrons. The van der Waals surface area contributed by atoms with Gasteiger partial charge in [-0.25, -0.2) is 0 Å². The van der Waals surface area contributed by atoms with E-state index in [4.69, 9.17) is 12.2 Å². The van der Waals surface area contributed by atoms with Crippen molar-refractivity contribution in [3.63, 3.8) is 0 Å². The number of benzene rings is 2. The lowest BCUT2D eigenvalue weighted by atomic mass is 10.0. The second-order valence-electron chi connectivity index (χ2n) is 5.38. The van der Waals surface area contributed by atoms with Crippen molar-refractivity contribution in [1.82, 2.24) is 4.90 Å². The highest BCUT2D eigenvalue weighted by Crippen LogP contribution is 2.33. The first-order chi connectivity index (χ1) is 11.6. The van der Waals surface area contributed by atoms with E-state index >= 15 is 0 Å². The minimum absolute atomic E-state index is 0.0839. The van der Waals surface area contributed by atoms with Gasteiger partial charge in [0.1, 0.15) is 4.32 Å². The number of carbonyl (C=O) groups excluding carboxylic acids is 2. The number of fused-ring (bicyclic) bond motifs is 1. The van der Waals surface area contributed by atoms with E-state index in [1.54, 1.807) is 0 Å². The van der Waals surface area contributed by atoms with Gasteiger partial charge in [0.2, 0.25) is 0 Å². The molecule has 1 heterocycles. The number of hydrogen-bond donors (Lipinski definition) is 0. The Labute approximate surface area is 149 Å². The molecule has 24 heavy (non-hydrogen) atoms. The molecule has 1 aliphatic heterocycles. The van der Waals surface area contributed by atoms with Crippen LogP contribution >= 0.6 is 24.0 Å². The van der Waals surface area contributed by atoms with Gasteiger partial charge in [-0.1, -0.05) is 66.4 Å². The lowest BCUT2D eigenvalue weighted by Gasteiger charge is -2.14. The van der Waals surface area contributed by atoms with Gasteiger partial charge in [0.25, 0.3) is 5.91 Å². The summed E-state index contributed by atoms with van der Waals surface area (Å²) in [6, 6.07) is 13.9. The monoisotopic (exact) mass is 356 g/mol. The van der Waals surface area contributed by atoms with Gasteiger partial charge in [-0.15, -0.1) is 0 Å². The van der Waals surface area contributed by atoms with E-state index < -0.39 is 5.97 Å². The van der Waals surface area contributed by atoms with Crippen molar-refractivity contribution >= 4 is 57.0 Å². The van der Waals surface area contributed by atoms with Crippen LogP contribution in [0.3, 0.4) is 0 Å². The Morgan fingerprint density at radius 1 is 1.21 bits per heavy atom. The molecule has 1 amide bonds. The van der Waals surface area contributed by atoms with E-state index in [-0.39, 0.29) is 12.3 Å². The predicted molar refractivity (Wildman–Crippen MR) is 98.1 cm³/mol. The molecule has 2 aromatic rings. The fourth-order valence-electron chi connectivity index (χ4n) is 2.59. The number of aliphatic carboxylic acids is 1. The van der Waals surface area contributed by atoms with Crippen LogP contribution in [0.15, 0.2) is 47.4 Å². The Hall–Kier alpha value is -2.18. The third-order valence-electron chi connectivity index (χ3n) is 3.75. The largest absolute Gasteiger partial charge is 0.550 e. The Balaban J connectivity index is 1.84. The molecule has 0 atom stereocenters. The third kappa shape index (κ3) is 3.49. The molecule has 0 unspecified atom stereocenters. The number of thioether (sulfide) groups is 1.